The van der Waals surface area contributed by atoms with Gasteiger partial charge in [0, 0.05) is 9.67 Å². The van der Waals surface area contributed by atoms with Gasteiger partial charge in [-0.15, -0.1) is 0 Å². The van der Waals surface area contributed by atoms with Crippen molar-refractivity contribution >= 4 is 35.1 Å². The molecule has 110 valence electrons. The van der Waals surface area contributed by atoms with Crippen molar-refractivity contribution in [2.75, 3.05) is 0 Å². The van der Waals surface area contributed by atoms with Crippen LogP contribution in [0.1, 0.15) is 47.1 Å². The number of hydrogen-bond donors (Lipinski definition) is 0. The smallest absolute Gasteiger partial charge is 0.123 e. The topological polar surface area (TPSA) is 17.1 Å². The standard InChI is InChI=1S/C17H25BrOSi/c1-12(2)20(13(3)4,14(5)6)17(11-19)15-7-9-16(18)10-8-15/h7-10,12-14H,1-6H3. The highest BCUT2D eigenvalue weighted by atomic mass is 79.9. The second-order valence-electron chi connectivity index (χ2n) is 6.38. The average molecular weight is 353 g/mol. The van der Waals surface area contributed by atoms with Crippen molar-refractivity contribution in [1.29, 1.82) is 0 Å². The van der Waals surface area contributed by atoms with E-state index in [1.54, 1.807) is 0 Å². The molecule has 0 aliphatic heterocycles. The monoisotopic (exact) mass is 352 g/mol. The van der Waals surface area contributed by atoms with Crippen molar-refractivity contribution in [2.45, 2.75) is 58.2 Å². The molecule has 0 N–H and O–H groups in total. The zero-order valence-corrected chi connectivity index (χ0v) is 15.9. The van der Waals surface area contributed by atoms with Gasteiger partial charge >= 0.3 is 0 Å². The minimum atomic E-state index is -1.94. The van der Waals surface area contributed by atoms with Crippen LogP contribution in [0.3, 0.4) is 0 Å². The van der Waals surface area contributed by atoms with E-state index in [-0.39, 0.29) is 0 Å². The number of hydrogen-bond acceptors (Lipinski definition) is 1. The van der Waals surface area contributed by atoms with Crippen molar-refractivity contribution in [3.8, 4) is 0 Å². The van der Waals surface area contributed by atoms with Gasteiger partial charge in [0.1, 0.15) is 14.0 Å². The number of rotatable bonds is 5. The first-order valence-electron chi connectivity index (χ1n) is 7.29. The summed E-state index contributed by atoms with van der Waals surface area (Å²) in [6.45, 7) is 13.6. The number of benzene rings is 1. The summed E-state index contributed by atoms with van der Waals surface area (Å²) in [5.74, 6) is 2.34. The van der Waals surface area contributed by atoms with E-state index in [4.69, 9.17) is 0 Å². The van der Waals surface area contributed by atoms with Gasteiger partial charge in [-0.1, -0.05) is 69.6 Å². The number of carbonyl (C=O) groups excluding carboxylic acids is 1. The van der Waals surface area contributed by atoms with E-state index in [0.717, 1.165) is 15.2 Å². The lowest BCUT2D eigenvalue weighted by Crippen LogP contribution is -2.46. The predicted molar refractivity (Wildman–Crippen MR) is 94.3 cm³/mol. The van der Waals surface area contributed by atoms with Gasteiger partial charge in [-0.2, -0.15) is 0 Å². The lowest BCUT2D eigenvalue weighted by molar-refractivity contribution is 0.569. The van der Waals surface area contributed by atoms with Gasteiger partial charge in [0.15, 0.2) is 0 Å². The zero-order valence-electron chi connectivity index (χ0n) is 13.3. The third kappa shape index (κ3) is 3.00. The first-order chi connectivity index (χ1) is 9.28. The highest BCUT2D eigenvalue weighted by molar-refractivity contribution is 9.10. The van der Waals surface area contributed by atoms with Gasteiger partial charge in [-0.25, -0.2) is 4.79 Å². The molecule has 0 aromatic heterocycles. The van der Waals surface area contributed by atoms with Crippen LogP contribution in [0.4, 0.5) is 0 Å². The minimum absolute atomic E-state index is 0.516. The van der Waals surface area contributed by atoms with Crippen molar-refractivity contribution in [3.05, 3.63) is 34.3 Å². The SMILES string of the molecule is CC(C)[Si](C(=C=O)c1ccc(Br)cc1)(C(C)C)C(C)C. The van der Waals surface area contributed by atoms with Crippen LogP contribution >= 0.6 is 15.9 Å². The molecule has 1 nitrogen and oxygen atoms in total. The molecule has 0 amide bonds. The normalized spacial score (nSPS) is 12.1. The Labute approximate surface area is 132 Å². The Morgan fingerprint density at radius 1 is 0.950 bits per heavy atom. The van der Waals surface area contributed by atoms with Crippen LogP contribution in [0.25, 0.3) is 5.20 Å². The molecular formula is C17H25BrOSi. The van der Waals surface area contributed by atoms with Crippen LogP contribution < -0.4 is 0 Å². The first kappa shape index (κ1) is 17.4. The Morgan fingerprint density at radius 2 is 1.35 bits per heavy atom. The Balaban J connectivity index is 3.52. The van der Waals surface area contributed by atoms with Crippen LogP contribution in [0, 0.1) is 0 Å². The molecule has 0 spiro atoms. The molecule has 20 heavy (non-hydrogen) atoms. The Hall–Kier alpha value is -0.633. The third-order valence-corrected chi connectivity index (χ3v) is 12.1. The molecule has 0 unspecified atom stereocenters. The lowest BCUT2D eigenvalue weighted by Gasteiger charge is -2.43. The second kappa shape index (κ2) is 6.88. The summed E-state index contributed by atoms with van der Waals surface area (Å²) in [6, 6.07) is 8.10. The van der Waals surface area contributed by atoms with Crippen LogP contribution in [-0.2, 0) is 4.79 Å². The fraction of sp³-hybridized carbons (Fsp3) is 0.529. The molecule has 1 rings (SSSR count). The van der Waals surface area contributed by atoms with Crippen LogP contribution in [-0.4, -0.2) is 14.0 Å². The Morgan fingerprint density at radius 3 is 1.65 bits per heavy atom. The molecule has 1 aromatic rings. The largest absolute Gasteiger partial charge is 0.234 e. The summed E-state index contributed by atoms with van der Waals surface area (Å²) in [5.41, 5.74) is 2.60. The van der Waals surface area contributed by atoms with Crippen LogP contribution in [0.2, 0.25) is 16.6 Å². The van der Waals surface area contributed by atoms with Crippen molar-refractivity contribution < 1.29 is 4.79 Å². The Kier molecular flexibility index (Phi) is 6.00. The highest BCUT2D eigenvalue weighted by Gasteiger charge is 2.47. The van der Waals surface area contributed by atoms with E-state index in [1.165, 1.54) is 0 Å². The minimum Gasteiger partial charge on any atom is -0.234 e. The van der Waals surface area contributed by atoms with Gasteiger partial charge in [0.25, 0.3) is 0 Å². The molecular weight excluding hydrogens is 328 g/mol. The van der Waals surface area contributed by atoms with Gasteiger partial charge in [-0.05, 0) is 34.3 Å². The first-order valence-corrected chi connectivity index (χ1v) is 10.3. The molecule has 0 aliphatic carbocycles. The van der Waals surface area contributed by atoms with E-state index >= 15 is 0 Å². The molecule has 0 radical (unpaired) electrons. The fourth-order valence-electron chi connectivity index (χ4n) is 3.88. The van der Waals surface area contributed by atoms with Crippen molar-refractivity contribution in [1.82, 2.24) is 0 Å². The summed E-state index contributed by atoms with van der Waals surface area (Å²) in [4.78, 5) is 11.8. The van der Waals surface area contributed by atoms with Crippen LogP contribution in [0.5, 0.6) is 0 Å². The summed E-state index contributed by atoms with van der Waals surface area (Å²) in [6.07, 6.45) is 0. The maximum atomic E-state index is 11.8. The summed E-state index contributed by atoms with van der Waals surface area (Å²) in [5, 5.41) is 0.949. The van der Waals surface area contributed by atoms with Gasteiger partial charge < -0.3 is 0 Å². The fourth-order valence-corrected chi connectivity index (χ4v) is 10.7. The van der Waals surface area contributed by atoms with E-state index in [2.05, 4.69) is 63.4 Å². The molecule has 1 aromatic carbocycles. The van der Waals surface area contributed by atoms with Gasteiger partial charge in [-0.3, -0.25) is 0 Å². The molecule has 0 aliphatic rings. The number of halogens is 1. The van der Waals surface area contributed by atoms with E-state index in [1.807, 2.05) is 24.3 Å². The van der Waals surface area contributed by atoms with Crippen LogP contribution in [0.15, 0.2) is 28.7 Å². The van der Waals surface area contributed by atoms with Gasteiger partial charge in [0.2, 0.25) is 0 Å². The maximum absolute atomic E-state index is 11.8. The summed E-state index contributed by atoms with van der Waals surface area (Å²) in [7, 11) is -1.94. The molecule has 0 bridgehead atoms. The summed E-state index contributed by atoms with van der Waals surface area (Å²) >= 11 is 3.46. The molecule has 0 heterocycles. The second-order valence-corrected chi connectivity index (χ2v) is 13.1. The average Bonchev–Trinajstić information content (AvgIpc) is 2.35. The van der Waals surface area contributed by atoms with E-state index < -0.39 is 8.07 Å². The molecule has 0 fully saturated rings. The van der Waals surface area contributed by atoms with Crippen molar-refractivity contribution in [2.24, 2.45) is 0 Å². The zero-order chi connectivity index (χ0) is 15.5. The lowest BCUT2D eigenvalue weighted by atomic mass is 10.2. The van der Waals surface area contributed by atoms with E-state index in [9.17, 15) is 4.79 Å². The molecule has 0 saturated carbocycles. The summed E-state index contributed by atoms with van der Waals surface area (Å²) < 4.78 is 1.04. The predicted octanol–water partition coefficient (Wildman–Crippen LogP) is 5.88. The molecule has 0 atom stereocenters. The quantitative estimate of drug-likeness (QED) is 0.477. The molecule has 0 saturated heterocycles. The van der Waals surface area contributed by atoms with Gasteiger partial charge in [0.05, 0.1) is 0 Å². The Bertz CT molecular complexity index is 474. The molecule has 3 heteroatoms. The van der Waals surface area contributed by atoms with E-state index in [0.29, 0.717) is 16.6 Å². The van der Waals surface area contributed by atoms with Crippen molar-refractivity contribution in [3.63, 3.8) is 0 Å². The third-order valence-electron chi connectivity index (χ3n) is 4.53. The highest BCUT2D eigenvalue weighted by Crippen LogP contribution is 2.48. The maximum Gasteiger partial charge on any atom is 0.123 e.